The van der Waals surface area contributed by atoms with Crippen molar-refractivity contribution in [3.63, 3.8) is 0 Å². The van der Waals surface area contributed by atoms with Gasteiger partial charge in [-0.2, -0.15) is 9.97 Å². The molecule has 88 valence electrons. The average molecular weight is 252 g/mol. The first-order valence-corrected chi connectivity index (χ1v) is 5.76. The van der Waals surface area contributed by atoms with Gasteiger partial charge in [-0.1, -0.05) is 11.6 Å². The van der Waals surface area contributed by atoms with Gasteiger partial charge >= 0.3 is 0 Å². The molecule has 3 rings (SSSR count). The molecule has 17 heavy (non-hydrogen) atoms. The summed E-state index contributed by atoms with van der Waals surface area (Å²) < 4.78 is 0. The third kappa shape index (κ3) is 2.21. The maximum Gasteiger partial charge on any atom is 0.233 e. The van der Waals surface area contributed by atoms with E-state index in [0.717, 1.165) is 12.8 Å². The minimum atomic E-state index is -0.0709. The van der Waals surface area contributed by atoms with Crippen molar-refractivity contribution >= 4 is 34.6 Å². The van der Waals surface area contributed by atoms with Crippen molar-refractivity contribution < 1.29 is 4.79 Å². The van der Waals surface area contributed by atoms with Gasteiger partial charge in [-0.15, -0.1) is 0 Å². The van der Waals surface area contributed by atoms with E-state index < -0.39 is 0 Å². The van der Waals surface area contributed by atoms with Crippen LogP contribution in [0.15, 0.2) is 6.33 Å². The number of nitrogens with zero attached hydrogens (tertiary/aromatic N) is 3. The summed E-state index contributed by atoms with van der Waals surface area (Å²) in [5.41, 5.74) is 1.03. The van der Waals surface area contributed by atoms with Crippen LogP contribution in [0.1, 0.15) is 19.3 Å². The van der Waals surface area contributed by atoms with Crippen molar-refractivity contribution in [2.24, 2.45) is 5.92 Å². The molecule has 1 fully saturated rings. The number of aromatic amines is 1. The number of imidazole rings is 1. The van der Waals surface area contributed by atoms with Crippen LogP contribution in [0, 0.1) is 5.92 Å². The lowest BCUT2D eigenvalue weighted by Gasteiger charge is -2.03. The maximum absolute atomic E-state index is 11.6. The van der Waals surface area contributed by atoms with Gasteiger partial charge in [0.2, 0.25) is 11.9 Å². The highest BCUT2D eigenvalue weighted by molar-refractivity contribution is 6.33. The van der Waals surface area contributed by atoms with Gasteiger partial charge in [0.05, 0.1) is 6.33 Å². The van der Waals surface area contributed by atoms with E-state index in [2.05, 4.69) is 25.3 Å². The summed E-state index contributed by atoms with van der Waals surface area (Å²) in [6.07, 6.45) is 4.28. The summed E-state index contributed by atoms with van der Waals surface area (Å²) in [5.74, 6) is 0.665. The van der Waals surface area contributed by atoms with Crippen molar-refractivity contribution in [3.8, 4) is 0 Å². The highest BCUT2D eigenvalue weighted by Crippen LogP contribution is 2.32. The van der Waals surface area contributed by atoms with Crippen LogP contribution in [0.2, 0.25) is 5.15 Å². The lowest BCUT2D eigenvalue weighted by atomic mass is 10.3. The first-order chi connectivity index (χ1) is 8.22. The Morgan fingerprint density at radius 2 is 2.35 bits per heavy atom. The van der Waals surface area contributed by atoms with Crippen molar-refractivity contribution in [2.45, 2.75) is 19.3 Å². The van der Waals surface area contributed by atoms with Gasteiger partial charge in [0.25, 0.3) is 0 Å². The molecule has 2 heterocycles. The van der Waals surface area contributed by atoms with Crippen molar-refractivity contribution in [2.75, 3.05) is 5.32 Å². The summed E-state index contributed by atoms with van der Waals surface area (Å²) in [6.45, 7) is 0. The zero-order chi connectivity index (χ0) is 11.8. The topological polar surface area (TPSA) is 83.6 Å². The Morgan fingerprint density at radius 1 is 1.53 bits per heavy atom. The maximum atomic E-state index is 11.6. The van der Waals surface area contributed by atoms with Crippen molar-refractivity contribution in [1.82, 2.24) is 19.9 Å². The molecule has 0 unspecified atom stereocenters. The number of halogens is 1. The monoisotopic (exact) mass is 251 g/mol. The SMILES string of the molecule is O=C(CC1CC1)Nc1nc(Cl)c2[nH]cnc2n1. The number of H-pyrrole nitrogens is 1. The van der Waals surface area contributed by atoms with Gasteiger partial charge in [-0.25, -0.2) is 4.98 Å². The van der Waals surface area contributed by atoms with Gasteiger partial charge < -0.3 is 4.98 Å². The molecule has 0 bridgehead atoms. The number of aromatic nitrogens is 4. The van der Waals surface area contributed by atoms with E-state index in [-0.39, 0.29) is 17.0 Å². The van der Waals surface area contributed by atoms with E-state index >= 15 is 0 Å². The van der Waals surface area contributed by atoms with Crippen LogP contribution >= 0.6 is 11.6 Å². The number of fused-ring (bicyclic) bond motifs is 1. The summed E-state index contributed by atoms with van der Waals surface area (Å²) in [6, 6.07) is 0. The number of hydrogen-bond donors (Lipinski definition) is 2. The summed E-state index contributed by atoms with van der Waals surface area (Å²) >= 11 is 5.93. The second-order valence-corrected chi connectivity index (χ2v) is 4.49. The van der Waals surface area contributed by atoms with Crippen molar-refractivity contribution in [1.29, 1.82) is 0 Å². The first kappa shape index (κ1) is 10.5. The molecule has 0 atom stereocenters. The van der Waals surface area contributed by atoms with Crippen LogP contribution < -0.4 is 5.32 Å². The Hall–Kier alpha value is -1.69. The van der Waals surface area contributed by atoms with Crippen LogP contribution in [0.3, 0.4) is 0 Å². The second kappa shape index (κ2) is 3.96. The Morgan fingerprint density at radius 3 is 3.12 bits per heavy atom. The lowest BCUT2D eigenvalue weighted by Crippen LogP contribution is -2.14. The van der Waals surface area contributed by atoms with E-state index in [1.807, 2.05) is 0 Å². The van der Waals surface area contributed by atoms with Gasteiger partial charge in [0.15, 0.2) is 10.8 Å². The quantitative estimate of drug-likeness (QED) is 0.814. The molecule has 2 N–H and O–H groups in total. The molecule has 1 saturated carbocycles. The van der Waals surface area contributed by atoms with E-state index in [1.165, 1.54) is 6.33 Å². The van der Waals surface area contributed by atoms with Gasteiger partial charge in [0, 0.05) is 6.42 Å². The molecule has 1 aliphatic carbocycles. The van der Waals surface area contributed by atoms with Gasteiger partial charge in [0.1, 0.15) is 5.52 Å². The number of nitrogens with one attached hydrogen (secondary N) is 2. The van der Waals surface area contributed by atoms with Crippen LogP contribution in [0.5, 0.6) is 0 Å². The number of rotatable bonds is 3. The molecule has 2 aromatic heterocycles. The normalized spacial score (nSPS) is 15.1. The van der Waals surface area contributed by atoms with Crippen LogP contribution in [0.25, 0.3) is 11.2 Å². The molecule has 7 heteroatoms. The fourth-order valence-electron chi connectivity index (χ4n) is 1.61. The van der Waals surface area contributed by atoms with E-state index in [4.69, 9.17) is 11.6 Å². The largest absolute Gasteiger partial charge is 0.341 e. The molecular weight excluding hydrogens is 242 g/mol. The lowest BCUT2D eigenvalue weighted by molar-refractivity contribution is -0.116. The summed E-state index contributed by atoms with van der Waals surface area (Å²) in [7, 11) is 0. The predicted molar refractivity (Wildman–Crippen MR) is 62.7 cm³/mol. The smallest absolute Gasteiger partial charge is 0.233 e. The Labute approximate surface area is 102 Å². The standard InChI is InChI=1S/C10H10ClN5O/c11-8-7-9(13-4-12-7)16-10(15-8)14-6(17)3-5-1-2-5/h4-5H,1-3H2,(H2,12,13,14,15,16,17). The molecular formula is C10H10ClN5O. The Balaban J connectivity index is 1.81. The summed E-state index contributed by atoms with van der Waals surface area (Å²) in [5, 5.41) is 2.90. The molecule has 1 aliphatic rings. The number of hydrogen-bond acceptors (Lipinski definition) is 4. The zero-order valence-electron chi connectivity index (χ0n) is 8.90. The third-order valence-electron chi connectivity index (χ3n) is 2.66. The average Bonchev–Trinajstić information content (AvgIpc) is 2.94. The Bertz CT molecular complexity index is 577. The molecule has 2 aromatic rings. The fraction of sp³-hybridized carbons (Fsp3) is 0.400. The minimum absolute atomic E-state index is 0.0709. The molecule has 1 amide bonds. The molecule has 0 aliphatic heterocycles. The molecule has 0 saturated heterocycles. The number of anilines is 1. The molecule has 0 radical (unpaired) electrons. The van der Waals surface area contributed by atoms with Gasteiger partial charge in [-0.05, 0) is 18.8 Å². The van der Waals surface area contributed by atoms with E-state index in [1.54, 1.807) is 0 Å². The zero-order valence-corrected chi connectivity index (χ0v) is 9.66. The van der Waals surface area contributed by atoms with Crippen LogP contribution in [0.4, 0.5) is 5.95 Å². The molecule has 0 spiro atoms. The Kier molecular flexibility index (Phi) is 2.44. The highest BCUT2D eigenvalue weighted by Gasteiger charge is 2.24. The number of carbonyl (C=O) groups excluding carboxylic acids is 1. The van der Waals surface area contributed by atoms with Gasteiger partial charge in [-0.3, -0.25) is 10.1 Å². The highest BCUT2D eigenvalue weighted by atomic mass is 35.5. The third-order valence-corrected chi connectivity index (χ3v) is 2.94. The predicted octanol–water partition coefficient (Wildman–Crippen LogP) is 1.74. The second-order valence-electron chi connectivity index (χ2n) is 4.13. The van der Waals surface area contributed by atoms with E-state index in [0.29, 0.717) is 23.5 Å². The number of amides is 1. The van der Waals surface area contributed by atoms with Crippen LogP contribution in [-0.2, 0) is 4.79 Å². The number of carbonyl (C=O) groups is 1. The summed E-state index contributed by atoms with van der Waals surface area (Å²) in [4.78, 5) is 26.5. The fourth-order valence-corrected chi connectivity index (χ4v) is 1.83. The first-order valence-electron chi connectivity index (χ1n) is 5.39. The van der Waals surface area contributed by atoms with Crippen molar-refractivity contribution in [3.05, 3.63) is 11.5 Å². The minimum Gasteiger partial charge on any atom is -0.341 e. The van der Waals surface area contributed by atoms with E-state index in [9.17, 15) is 4.79 Å². The molecule has 0 aromatic carbocycles. The van der Waals surface area contributed by atoms with Crippen LogP contribution in [-0.4, -0.2) is 25.8 Å². The molecule has 6 nitrogen and oxygen atoms in total.